The molecule has 3 aromatic heterocycles. The average Bonchev–Trinajstić information content (AvgIpc) is 3.51. The van der Waals surface area contributed by atoms with E-state index >= 15 is 0 Å². The molecule has 0 unspecified atom stereocenters. The van der Waals surface area contributed by atoms with Gasteiger partial charge in [0, 0.05) is 55.1 Å². The lowest BCUT2D eigenvalue weighted by molar-refractivity contribution is 1.02. The minimum Gasteiger partial charge on any atom is -0.344 e. The lowest BCUT2D eigenvalue weighted by Gasteiger charge is -2.09. The van der Waals surface area contributed by atoms with Gasteiger partial charge in [-0.3, -0.25) is 0 Å². The minimum absolute atomic E-state index is 1.25. The van der Waals surface area contributed by atoms with Crippen molar-refractivity contribution in [2.75, 3.05) is 0 Å². The summed E-state index contributed by atoms with van der Waals surface area (Å²) in [7, 11) is 2.17. The zero-order valence-corrected chi connectivity index (χ0v) is 19.4. The lowest BCUT2D eigenvalue weighted by atomic mass is 10.1. The average molecular weight is 453 g/mol. The van der Waals surface area contributed by atoms with Crippen molar-refractivity contribution in [2.45, 2.75) is 0 Å². The molecule has 0 aliphatic carbocycles. The first-order valence-corrected chi connectivity index (χ1v) is 12.4. The molecule has 0 fully saturated rings. The van der Waals surface area contributed by atoms with Gasteiger partial charge in [0.05, 0.1) is 21.4 Å². The molecular weight excluding hydrogens is 432 g/mol. The first-order chi connectivity index (χ1) is 16.8. The van der Waals surface area contributed by atoms with E-state index in [1.165, 1.54) is 69.5 Å². The molecule has 160 valence electrons. The SMILES string of the molecule is Cn1c2ccccc2c2cc3c(cc21)c1ccccc1n3-c1cccc2c1sc1ccccc12. The second-order valence-corrected chi connectivity index (χ2v) is 10.1. The minimum atomic E-state index is 1.25. The summed E-state index contributed by atoms with van der Waals surface area (Å²) in [6, 6.07) is 37.8. The predicted octanol–water partition coefficient (Wildman–Crippen LogP) is 8.80. The fourth-order valence-corrected chi connectivity index (χ4v) is 6.99. The van der Waals surface area contributed by atoms with E-state index in [4.69, 9.17) is 0 Å². The molecule has 3 heteroatoms. The molecule has 0 bridgehead atoms. The molecule has 34 heavy (non-hydrogen) atoms. The van der Waals surface area contributed by atoms with Gasteiger partial charge < -0.3 is 9.13 Å². The summed E-state index contributed by atoms with van der Waals surface area (Å²) >= 11 is 1.89. The van der Waals surface area contributed by atoms with Gasteiger partial charge in [-0.2, -0.15) is 0 Å². The van der Waals surface area contributed by atoms with Gasteiger partial charge >= 0.3 is 0 Å². The first-order valence-electron chi connectivity index (χ1n) is 11.6. The maximum atomic E-state index is 2.48. The third kappa shape index (κ3) is 2.25. The van der Waals surface area contributed by atoms with Crippen LogP contribution in [0.1, 0.15) is 0 Å². The first kappa shape index (κ1) is 18.4. The van der Waals surface area contributed by atoms with Crippen molar-refractivity contribution in [2.24, 2.45) is 7.05 Å². The second kappa shape index (κ2) is 6.49. The molecule has 3 heterocycles. The highest BCUT2D eigenvalue weighted by atomic mass is 32.1. The van der Waals surface area contributed by atoms with Crippen LogP contribution in [0.2, 0.25) is 0 Å². The Balaban J connectivity index is 1.59. The number of rotatable bonds is 1. The van der Waals surface area contributed by atoms with E-state index in [1.54, 1.807) is 0 Å². The van der Waals surface area contributed by atoms with E-state index in [2.05, 4.69) is 119 Å². The highest BCUT2D eigenvalue weighted by Gasteiger charge is 2.18. The summed E-state index contributed by atoms with van der Waals surface area (Å²) in [6.07, 6.45) is 0. The number of nitrogens with zero attached hydrogens (tertiary/aromatic N) is 2. The molecule has 0 aliphatic rings. The van der Waals surface area contributed by atoms with Crippen LogP contribution in [0.3, 0.4) is 0 Å². The van der Waals surface area contributed by atoms with Crippen LogP contribution in [0.4, 0.5) is 0 Å². The van der Waals surface area contributed by atoms with Gasteiger partial charge in [0.25, 0.3) is 0 Å². The number of benzene rings is 5. The van der Waals surface area contributed by atoms with E-state index in [0.29, 0.717) is 0 Å². The van der Waals surface area contributed by atoms with Crippen LogP contribution in [0.5, 0.6) is 0 Å². The number of hydrogen-bond donors (Lipinski definition) is 0. The number of aryl methyl sites for hydroxylation is 1. The van der Waals surface area contributed by atoms with Crippen LogP contribution in [0.25, 0.3) is 69.5 Å². The van der Waals surface area contributed by atoms with Crippen LogP contribution in [0.15, 0.2) is 103 Å². The van der Waals surface area contributed by atoms with Crippen molar-refractivity contribution >= 4 is 75.1 Å². The summed E-state index contributed by atoms with van der Waals surface area (Å²) in [6.45, 7) is 0. The van der Waals surface area contributed by atoms with Crippen molar-refractivity contribution in [3.8, 4) is 5.69 Å². The molecule has 0 saturated carbocycles. The van der Waals surface area contributed by atoms with Gasteiger partial charge in [-0.1, -0.05) is 66.7 Å². The van der Waals surface area contributed by atoms with Crippen molar-refractivity contribution in [3.05, 3.63) is 103 Å². The molecule has 8 aromatic rings. The maximum Gasteiger partial charge on any atom is 0.0640 e. The second-order valence-electron chi connectivity index (χ2n) is 9.07. The highest BCUT2D eigenvalue weighted by molar-refractivity contribution is 7.26. The highest BCUT2D eigenvalue weighted by Crippen LogP contribution is 2.42. The molecule has 8 rings (SSSR count). The molecule has 0 aliphatic heterocycles. The van der Waals surface area contributed by atoms with Crippen LogP contribution in [-0.2, 0) is 7.05 Å². The van der Waals surface area contributed by atoms with Crippen LogP contribution < -0.4 is 0 Å². The number of para-hydroxylation sites is 2. The van der Waals surface area contributed by atoms with Gasteiger partial charge in [-0.25, -0.2) is 0 Å². The molecule has 0 radical (unpaired) electrons. The summed E-state index contributed by atoms with van der Waals surface area (Å²) in [4.78, 5) is 0. The van der Waals surface area contributed by atoms with Gasteiger partial charge in [-0.15, -0.1) is 11.3 Å². The van der Waals surface area contributed by atoms with Gasteiger partial charge in [0.15, 0.2) is 0 Å². The fourth-order valence-electron chi connectivity index (χ4n) is 5.79. The Morgan fingerprint density at radius 2 is 1.12 bits per heavy atom. The van der Waals surface area contributed by atoms with Crippen LogP contribution in [0, 0.1) is 0 Å². The van der Waals surface area contributed by atoms with Crippen molar-refractivity contribution in [3.63, 3.8) is 0 Å². The molecule has 0 N–H and O–H groups in total. The zero-order valence-electron chi connectivity index (χ0n) is 18.6. The number of aromatic nitrogens is 2. The zero-order chi connectivity index (χ0) is 22.4. The quantitative estimate of drug-likeness (QED) is 0.235. The molecule has 0 atom stereocenters. The Hall–Kier alpha value is -4.08. The standard InChI is InChI=1S/C31H20N2S/c1-32-25-13-5-2-9-19(25)23-18-29-24(17-28(23)32)20-10-3-6-14-26(20)33(29)27-15-8-12-22-21-11-4-7-16-30(21)34-31(22)27/h2-18H,1H3. The summed E-state index contributed by atoms with van der Waals surface area (Å²) in [5.41, 5.74) is 6.31. The normalized spacial score (nSPS) is 12.3. The lowest BCUT2D eigenvalue weighted by Crippen LogP contribution is -1.94. The largest absolute Gasteiger partial charge is 0.344 e. The maximum absolute atomic E-state index is 2.48. The molecule has 0 saturated heterocycles. The topological polar surface area (TPSA) is 9.86 Å². The van der Waals surface area contributed by atoms with E-state index in [9.17, 15) is 0 Å². The molecule has 2 nitrogen and oxygen atoms in total. The Bertz CT molecular complexity index is 2080. The van der Waals surface area contributed by atoms with Crippen molar-refractivity contribution in [1.29, 1.82) is 0 Å². The van der Waals surface area contributed by atoms with E-state index in [1.807, 2.05) is 11.3 Å². The van der Waals surface area contributed by atoms with E-state index < -0.39 is 0 Å². The smallest absolute Gasteiger partial charge is 0.0640 e. The third-order valence-electron chi connectivity index (χ3n) is 7.33. The number of hydrogen-bond acceptors (Lipinski definition) is 1. The number of thiophene rings is 1. The van der Waals surface area contributed by atoms with Crippen LogP contribution in [-0.4, -0.2) is 9.13 Å². The predicted molar refractivity (Wildman–Crippen MR) is 148 cm³/mol. The molecule has 0 spiro atoms. The number of fused-ring (bicyclic) bond motifs is 9. The summed E-state index contributed by atoms with van der Waals surface area (Å²) in [5, 5.41) is 7.86. The van der Waals surface area contributed by atoms with E-state index in [0.717, 1.165) is 0 Å². The summed E-state index contributed by atoms with van der Waals surface area (Å²) in [5.74, 6) is 0. The summed E-state index contributed by atoms with van der Waals surface area (Å²) < 4.78 is 7.47. The van der Waals surface area contributed by atoms with Gasteiger partial charge in [0.1, 0.15) is 0 Å². The molecule has 5 aromatic carbocycles. The Morgan fingerprint density at radius 1 is 0.500 bits per heavy atom. The van der Waals surface area contributed by atoms with Crippen molar-refractivity contribution in [1.82, 2.24) is 9.13 Å². The Morgan fingerprint density at radius 3 is 1.97 bits per heavy atom. The van der Waals surface area contributed by atoms with Gasteiger partial charge in [-0.05, 0) is 36.4 Å². The van der Waals surface area contributed by atoms with Crippen LogP contribution >= 0.6 is 11.3 Å². The Kier molecular flexibility index (Phi) is 3.51. The third-order valence-corrected chi connectivity index (χ3v) is 8.54. The fraction of sp³-hybridized carbons (Fsp3) is 0.0323. The van der Waals surface area contributed by atoms with Gasteiger partial charge in [0.2, 0.25) is 0 Å². The van der Waals surface area contributed by atoms with Crippen molar-refractivity contribution < 1.29 is 0 Å². The molecule has 0 amide bonds. The van der Waals surface area contributed by atoms with E-state index in [-0.39, 0.29) is 0 Å². The molecular formula is C31H20N2S. The monoisotopic (exact) mass is 452 g/mol. The Labute approximate surface area is 199 Å².